The van der Waals surface area contributed by atoms with Gasteiger partial charge in [-0.05, 0) is 43.5 Å². The van der Waals surface area contributed by atoms with E-state index in [9.17, 15) is 0 Å². The summed E-state index contributed by atoms with van der Waals surface area (Å²) >= 11 is 6.12. The van der Waals surface area contributed by atoms with Crippen LogP contribution < -0.4 is 5.32 Å². The highest BCUT2D eigenvalue weighted by atomic mass is 35.5. The summed E-state index contributed by atoms with van der Waals surface area (Å²) in [7, 11) is 0. The molecule has 1 aliphatic carbocycles. The van der Waals surface area contributed by atoms with Crippen LogP contribution in [0.5, 0.6) is 0 Å². The van der Waals surface area contributed by atoms with Gasteiger partial charge in [0.15, 0.2) is 0 Å². The molecule has 82 valence electrons. The molecule has 3 rings (SSSR count). The molecule has 0 spiro atoms. The lowest BCUT2D eigenvalue weighted by Crippen LogP contribution is -2.27. The van der Waals surface area contributed by atoms with Crippen LogP contribution in [0.2, 0.25) is 5.02 Å². The molecule has 0 bridgehead atoms. The molecule has 0 aliphatic heterocycles. The first-order valence-electron chi connectivity index (χ1n) is 5.64. The van der Waals surface area contributed by atoms with Gasteiger partial charge in [0.1, 0.15) is 0 Å². The predicted octanol–water partition coefficient (Wildman–Crippen LogP) is 3.85. The fourth-order valence-corrected chi connectivity index (χ4v) is 2.25. The number of fused-ring (bicyclic) bond motifs is 1. The minimum atomic E-state index is 0.629. The van der Waals surface area contributed by atoms with Crippen LogP contribution in [0.25, 0.3) is 10.9 Å². The summed E-state index contributed by atoms with van der Waals surface area (Å²) < 4.78 is 0. The summed E-state index contributed by atoms with van der Waals surface area (Å²) in [4.78, 5) is 4.32. The highest BCUT2D eigenvalue weighted by Gasteiger charge is 2.17. The Hall–Kier alpha value is -1.28. The normalized spacial score (nSPS) is 16.1. The molecule has 0 radical (unpaired) electrons. The zero-order chi connectivity index (χ0) is 11.0. The van der Waals surface area contributed by atoms with Crippen molar-refractivity contribution in [3.05, 3.63) is 35.5 Å². The molecule has 3 heteroatoms. The molecule has 2 aromatic rings. The lowest BCUT2D eigenvalue weighted by atomic mass is 9.93. The molecule has 1 aromatic heterocycles. The van der Waals surface area contributed by atoms with E-state index in [1.54, 1.807) is 6.20 Å². The Labute approximate surface area is 99.6 Å². The zero-order valence-electron chi connectivity index (χ0n) is 8.91. The van der Waals surface area contributed by atoms with Crippen molar-refractivity contribution in [3.63, 3.8) is 0 Å². The van der Waals surface area contributed by atoms with Gasteiger partial charge >= 0.3 is 0 Å². The van der Waals surface area contributed by atoms with E-state index in [4.69, 9.17) is 11.6 Å². The first-order valence-corrected chi connectivity index (χ1v) is 6.02. The van der Waals surface area contributed by atoms with Crippen LogP contribution >= 0.6 is 11.6 Å². The Balaban J connectivity index is 2.06. The van der Waals surface area contributed by atoms with Gasteiger partial charge in [-0.25, -0.2) is 0 Å². The van der Waals surface area contributed by atoms with Crippen LogP contribution in [-0.2, 0) is 0 Å². The van der Waals surface area contributed by atoms with Crippen LogP contribution in [0.4, 0.5) is 5.69 Å². The number of anilines is 1. The van der Waals surface area contributed by atoms with E-state index < -0.39 is 0 Å². The number of halogens is 1. The van der Waals surface area contributed by atoms with Gasteiger partial charge in [0.05, 0.1) is 10.5 Å². The van der Waals surface area contributed by atoms with Crippen molar-refractivity contribution in [2.24, 2.45) is 0 Å². The van der Waals surface area contributed by atoms with Crippen molar-refractivity contribution >= 4 is 28.2 Å². The minimum absolute atomic E-state index is 0.629. The third-order valence-corrected chi connectivity index (χ3v) is 3.49. The van der Waals surface area contributed by atoms with Crippen molar-refractivity contribution in [2.45, 2.75) is 25.3 Å². The molecule has 0 unspecified atom stereocenters. The van der Waals surface area contributed by atoms with E-state index in [0.717, 1.165) is 21.6 Å². The van der Waals surface area contributed by atoms with E-state index in [0.29, 0.717) is 6.04 Å². The van der Waals surface area contributed by atoms with Gasteiger partial charge in [0, 0.05) is 23.3 Å². The fourth-order valence-electron chi connectivity index (χ4n) is 2.04. The topological polar surface area (TPSA) is 24.9 Å². The van der Waals surface area contributed by atoms with Gasteiger partial charge in [-0.1, -0.05) is 11.6 Å². The largest absolute Gasteiger partial charge is 0.382 e. The minimum Gasteiger partial charge on any atom is -0.382 e. The first-order chi connectivity index (χ1) is 7.84. The fraction of sp³-hybridized carbons (Fsp3) is 0.308. The molecule has 1 aliphatic rings. The van der Waals surface area contributed by atoms with Crippen molar-refractivity contribution < 1.29 is 0 Å². The maximum absolute atomic E-state index is 6.12. The van der Waals surface area contributed by atoms with Gasteiger partial charge < -0.3 is 5.32 Å². The molecule has 1 saturated carbocycles. The van der Waals surface area contributed by atoms with Crippen molar-refractivity contribution in [3.8, 4) is 0 Å². The molecular formula is C13H13ClN2. The van der Waals surface area contributed by atoms with Crippen LogP contribution in [0.3, 0.4) is 0 Å². The Bertz CT molecular complexity index is 520. The molecule has 0 atom stereocenters. The summed E-state index contributed by atoms with van der Waals surface area (Å²) in [6.45, 7) is 0. The van der Waals surface area contributed by atoms with Crippen molar-refractivity contribution in [2.75, 3.05) is 5.32 Å². The number of aromatic nitrogens is 1. The Morgan fingerprint density at radius 1 is 1.25 bits per heavy atom. The van der Waals surface area contributed by atoms with Gasteiger partial charge in [-0.15, -0.1) is 0 Å². The average molecular weight is 233 g/mol. The van der Waals surface area contributed by atoms with E-state index in [2.05, 4.69) is 16.4 Å². The van der Waals surface area contributed by atoms with Crippen molar-refractivity contribution in [1.29, 1.82) is 0 Å². The maximum Gasteiger partial charge on any atom is 0.0908 e. The van der Waals surface area contributed by atoms with Gasteiger partial charge in [-0.2, -0.15) is 0 Å². The predicted molar refractivity (Wildman–Crippen MR) is 68.0 cm³/mol. The molecular weight excluding hydrogens is 220 g/mol. The summed E-state index contributed by atoms with van der Waals surface area (Å²) in [6.07, 6.45) is 5.65. The second-order valence-corrected chi connectivity index (χ2v) is 4.67. The Morgan fingerprint density at radius 3 is 2.88 bits per heavy atom. The summed E-state index contributed by atoms with van der Waals surface area (Å²) in [6, 6.07) is 8.60. The lowest BCUT2D eigenvalue weighted by Gasteiger charge is -2.28. The number of pyridine rings is 1. The first kappa shape index (κ1) is 9.91. The molecule has 0 amide bonds. The van der Waals surface area contributed by atoms with E-state index >= 15 is 0 Å². The smallest absolute Gasteiger partial charge is 0.0908 e. The molecule has 1 fully saturated rings. The van der Waals surface area contributed by atoms with Crippen LogP contribution in [-0.4, -0.2) is 11.0 Å². The van der Waals surface area contributed by atoms with E-state index in [1.807, 2.05) is 18.2 Å². The number of rotatable bonds is 2. The molecule has 1 N–H and O–H groups in total. The lowest BCUT2D eigenvalue weighted by molar-refractivity contribution is 0.446. The molecule has 16 heavy (non-hydrogen) atoms. The number of benzene rings is 1. The molecule has 1 aromatic carbocycles. The van der Waals surface area contributed by atoms with Gasteiger partial charge in [-0.3, -0.25) is 4.98 Å². The standard InChI is InChI=1S/C13H13ClN2/c14-11-6-7-12(16-9-3-1-4-9)10-5-2-8-15-13(10)11/h2,5-9,16H,1,3-4H2. The van der Waals surface area contributed by atoms with E-state index in [1.165, 1.54) is 19.3 Å². The average Bonchev–Trinajstić information content (AvgIpc) is 2.26. The highest BCUT2D eigenvalue weighted by Crippen LogP contribution is 2.31. The van der Waals surface area contributed by atoms with Crippen molar-refractivity contribution in [1.82, 2.24) is 4.98 Å². The van der Waals surface area contributed by atoms with E-state index in [-0.39, 0.29) is 0 Å². The summed E-state index contributed by atoms with van der Waals surface area (Å²) in [5.41, 5.74) is 2.03. The zero-order valence-corrected chi connectivity index (χ0v) is 9.67. The van der Waals surface area contributed by atoms with Crippen LogP contribution in [0.1, 0.15) is 19.3 Å². The maximum atomic E-state index is 6.12. The third kappa shape index (κ3) is 1.63. The summed E-state index contributed by atoms with van der Waals surface area (Å²) in [5.74, 6) is 0. The highest BCUT2D eigenvalue weighted by molar-refractivity contribution is 6.35. The molecule has 2 nitrogen and oxygen atoms in total. The quantitative estimate of drug-likeness (QED) is 0.851. The molecule has 1 heterocycles. The monoisotopic (exact) mass is 232 g/mol. The Kier molecular flexibility index (Phi) is 2.44. The second-order valence-electron chi connectivity index (χ2n) is 4.27. The number of hydrogen-bond acceptors (Lipinski definition) is 2. The second kappa shape index (κ2) is 3.95. The summed E-state index contributed by atoms with van der Waals surface area (Å²) in [5, 5.41) is 5.38. The van der Waals surface area contributed by atoms with Gasteiger partial charge in [0.25, 0.3) is 0 Å². The van der Waals surface area contributed by atoms with Crippen LogP contribution in [0.15, 0.2) is 30.5 Å². The number of nitrogens with one attached hydrogen (secondary N) is 1. The van der Waals surface area contributed by atoms with Crippen LogP contribution in [0, 0.1) is 0 Å². The number of hydrogen-bond donors (Lipinski definition) is 1. The Morgan fingerprint density at radius 2 is 2.12 bits per heavy atom. The number of nitrogens with zero attached hydrogens (tertiary/aromatic N) is 1. The SMILES string of the molecule is Clc1ccc(NC2CCC2)c2cccnc12. The molecule has 0 saturated heterocycles. The van der Waals surface area contributed by atoms with Gasteiger partial charge in [0.2, 0.25) is 0 Å². The third-order valence-electron chi connectivity index (χ3n) is 3.19.